The first-order valence-electron chi connectivity index (χ1n) is 6.31. The number of aromatic nitrogens is 2. The van der Waals surface area contributed by atoms with Crippen molar-refractivity contribution in [2.24, 2.45) is 0 Å². The molecule has 0 aliphatic heterocycles. The molecule has 7 heteroatoms. The molecule has 110 valence electrons. The van der Waals surface area contributed by atoms with Crippen molar-refractivity contribution in [1.29, 1.82) is 0 Å². The summed E-state index contributed by atoms with van der Waals surface area (Å²) in [4.78, 5) is 29.7. The number of carbonyl (C=O) groups is 1. The number of nitrogens with one attached hydrogen (secondary N) is 2. The summed E-state index contributed by atoms with van der Waals surface area (Å²) in [6, 6.07) is 7.09. The molecule has 0 saturated heterocycles. The van der Waals surface area contributed by atoms with E-state index in [1.807, 2.05) is 0 Å². The molecule has 2 rings (SSSR count). The van der Waals surface area contributed by atoms with Crippen LogP contribution in [-0.4, -0.2) is 29.7 Å². The normalized spacial score (nSPS) is 10.0. The van der Waals surface area contributed by atoms with E-state index in [0.717, 1.165) is 11.4 Å². The van der Waals surface area contributed by atoms with Crippen molar-refractivity contribution in [3.05, 3.63) is 46.4 Å². The molecule has 0 saturated carbocycles. The van der Waals surface area contributed by atoms with Crippen LogP contribution in [0.15, 0.2) is 35.3 Å². The number of anilines is 2. The van der Waals surface area contributed by atoms with Gasteiger partial charge in [0.25, 0.3) is 5.56 Å². The van der Waals surface area contributed by atoms with Gasteiger partial charge in [-0.15, -0.1) is 0 Å². The summed E-state index contributed by atoms with van der Waals surface area (Å²) in [5.41, 5.74) is 0.0411. The molecule has 2 N–H and O–H groups in total. The standard InChI is InChI=1S/C14H15N3O4/c1-3-21-13(19)11-8-15-14(17-12(11)18)16-9-4-6-10(20-2)7-5-9/h4-8H,3H2,1-2H3,(H2,15,16,17,18). The summed E-state index contributed by atoms with van der Waals surface area (Å²) in [6.07, 6.45) is 1.18. The number of benzene rings is 1. The van der Waals surface area contributed by atoms with Gasteiger partial charge in [0.1, 0.15) is 11.3 Å². The molecule has 0 amide bonds. The second-order valence-electron chi connectivity index (χ2n) is 4.05. The Kier molecular flexibility index (Phi) is 4.55. The fourth-order valence-electron chi connectivity index (χ4n) is 1.62. The minimum atomic E-state index is -0.692. The van der Waals surface area contributed by atoms with Gasteiger partial charge in [0.15, 0.2) is 0 Å². The lowest BCUT2D eigenvalue weighted by Gasteiger charge is -2.07. The Morgan fingerprint density at radius 1 is 1.33 bits per heavy atom. The molecular formula is C14H15N3O4. The Bertz CT molecular complexity index is 679. The van der Waals surface area contributed by atoms with Crippen LogP contribution in [0.1, 0.15) is 17.3 Å². The van der Waals surface area contributed by atoms with Gasteiger partial charge in [-0.25, -0.2) is 9.78 Å². The molecule has 2 aromatic rings. The average molecular weight is 289 g/mol. The lowest BCUT2D eigenvalue weighted by molar-refractivity contribution is 0.0524. The summed E-state index contributed by atoms with van der Waals surface area (Å²) in [7, 11) is 1.58. The highest BCUT2D eigenvalue weighted by Crippen LogP contribution is 2.17. The minimum Gasteiger partial charge on any atom is -0.497 e. The van der Waals surface area contributed by atoms with Crippen LogP contribution in [-0.2, 0) is 4.74 Å². The highest BCUT2D eigenvalue weighted by molar-refractivity contribution is 5.88. The quantitative estimate of drug-likeness (QED) is 0.814. The van der Waals surface area contributed by atoms with Crippen molar-refractivity contribution in [2.75, 3.05) is 19.0 Å². The molecule has 1 aromatic heterocycles. The third kappa shape index (κ3) is 3.59. The van der Waals surface area contributed by atoms with Gasteiger partial charge in [-0.1, -0.05) is 0 Å². The maximum atomic E-state index is 11.8. The highest BCUT2D eigenvalue weighted by atomic mass is 16.5. The topological polar surface area (TPSA) is 93.3 Å². The van der Waals surface area contributed by atoms with Crippen LogP contribution < -0.4 is 15.6 Å². The molecule has 0 atom stereocenters. The zero-order valence-corrected chi connectivity index (χ0v) is 11.7. The van der Waals surface area contributed by atoms with Gasteiger partial charge in [-0.05, 0) is 31.2 Å². The van der Waals surface area contributed by atoms with Crippen molar-refractivity contribution in [1.82, 2.24) is 9.97 Å². The fourth-order valence-corrected chi connectivity index (χ4v) is 1.62. The van der Waals surface area contributed by atoms with Gasteiger partial charge in [0.05, 0.1) is 19.9 Å². The summed E-state index contributed by atoms with van der Waals surface area (Å²) >= 11 is 0. The maximum Gasteiger partial charge on any atom is 0.345 e. The zero-order valence-electron chi connectivity index (χ0n) is 11.7. The van der Waals surface area contributed by atoms with E-state index >= 15 is 0 Å². The SMILES string of the molecule is CCOC(=O)c1cnc(Nc2ccc(OC)cc2)[nH]c1=O. The van der Waals surface area contributed by atoms with Crippen LogP contribution in [0.4, 0.5) is 11.6 Å². The summed E-state index contributed by atoms with van der Waals surface area (Å²) in [6.45, 7) is 1.86. The number of aromatic amines is 1. The number of carbonyl (C=O) groups excluding carboxylic acids is 1. The Hall–Kier alpha value is -2.83. The molecule has 0 fully saturated rings. The van der Waals surface area contributed by atoms with Crippen LogP contribution in [0.5, 0.6) is 5.75 Å². The van der Waals surface area contributed by atoms with Crippen molar-refractivity contribution in [3.8, 4) is 5.75 Å². The predicted molar refractivity (Wildman–Crippen MR) is 77.1 cm³/mol. The molecule has 7 nitrogen and oxygen atoms in total. The Morgan fingerprint density at radius 2 is 2.05 bits per heavy atom. The van der Waals surface area contributed by atoms with E-state index in [4.69, 9.17) is 9.47 Å². The second-order valence-corrected chi connectivity index (χ2v) is 4.05. The van der Waals surface area contributed by atoms with E-state index < -0.39 is 11.5 Å². The van der Waals surface area contributed by atoms with Gasteiger partial charge in [0.2, 0.25) is 5.95 Å². The number of hydrogen-bond acceptors (Lipinski definition) is 6. The molecule has 21 heavy (non-hydrogen) atoms. The molecule has 0 bridgehead atoms. The van der Waals surface area contributed by atoms with E-state index in [-0.39, 0.29) is 18.1 Å². The lowest BCUT2D eigenvalue weighted by Crippen LogP contribution is -2.21. The first kappa shape index (κ1) is 14.6. The van der Waals surface area contributed by atoms with Crippen LogP contribution in [0.2, 0.25) is 0 Å². The van der Waals surface area contributed by atoms with Crippen molar-refractivity contribution in [3.63, 3.8) is 0 Å². The Morgan fingerprint density at radius 3 is 2.62 bits per heavy atom. The lowest BCUT2D eigenvalue weighted by atomic mass is 10.3. The van der Waals surface area contributed by atoms with Crippen LogP contribution in [0.25, 0.3) is 0 Å². The van der Waals surface area contributed by atoms with E-state index in [0.29, 0.717) is 0 Å². The predicted octanol–water partition coefficient (Wildman–Crippen LogP) is 1.70. The number of hydrogen-bond donors (Lipinski definition) is 2. The molecule has 0 aliphatic carbocycles. The second kappa shape index (κ2) is 6.56. The molecule has 0 spiro atoms. The smallest absolute Gasteiger partial charge is 0.345 e. The first-order chi connectivity index (χ1) is 10.1. The summed E-state index contributed by atoms with van der Waals surface area (Å²) in [5, 5.41) is 2.92. The summed E-state index contributed by atoms with van der Waals surface area (Å²) < 4.78 is 9.81. The van der Waals surface area contributed by atoms with Gasteiger partial charge in [0, 0.05) is 5.69 Å². The highest BCUT2D eigenvalue weighted by Gasteiger charge is 2.12. The minimum absolute atomic E-state index is 0.128. The van der Waals surface area contributed by atoms with Gasteiger partial charge in [-0.3, -0.25) is 9.78 Å². The van der Waals surface area contributed by atoms with E-state index in [2.05, 4.69) is 15.3 Å². The molecule has 0 aliphatic rings. The van der Waals surface area contributed by atoms with Crippen LogP contribution in [0, 0.1) is 0 Å². The van der Waals surface area contributed by atoms with Crippen molar-refractivity contribution < 1.29 is 14.3 Å². The third-order valence-corrected chi connectivity index (χ3v) is 2.65. The largest absolute Gasteiger partial charge is 0.497 e. The molecule has 0 radical (unpaired) electrons. The Labute approximate surface area is 120 Å². The third-order valence-electron chi connectivity index (χ3n) is 2.65. The number of ether oxygens (including phenoxy) is 2. The molecular weight excluding hydrogens is 274 g/mol. The first-order valence-corrected chi connectivity index (χ1v) is 6.31. The summed E-state index contributed by atoms with van der Waals surface area (Å²) in [5.74, 6) is 0.264. The van der Waals surface area contributed by atoms with Gasteiger partial charge < -0.3 is 14.8 Å². The molecule has 1 aromatic carbocycles. The maximum absolute atomic E-state index is 11.8. The van der Waals surface area contributed by atoms with E-state index in [9.17, 15) is 9.59 Å². The number of esters is 1. The fraction of sp³-hybridized carbons (Fsp3) is 0.214. The van der Waals surface area contributed by atoms with Gasteiger partial charge >= 0.3 is 5.97 Å². The monoisotopic (exact) mass is 289 g/mol. The van der Waals surface area contributed by atoms with Crippen molar-refractivity contribution in [2.45, 2.75) is 6.92 Å². The average Bonchev–Trinajstić information content (AvgIpc) is 2.48. The van der Waals surface area contributed by atoms with Crippen LogP contribution >= 0.6 is 0 Å². The van der Waals surface area contributed by atoms with E-state index in [1.165, 1.54) is 6.20 Å². The number of nitrogens with zero attached hydrogens (tertiary/aromatic N) is 1. The number of H-pyrrole nitrogens is 1. The Balaban J connectivity index is 2.16. The van der Waals surface area contributed by atoms with E-state index in [1.54, 1.807) is 38.3 Å². The van der Waals surface area contributed by atoms with Crippen LogP contribution in [0.3, 0.4) is 0 Å². The molecule has 1 heterocycles. The zero-order chi connectivity index (χ0) is 15.2. The van der Waals surface area contributed by atoms with Crippen molar-refractivity contribution >= 4 is 17.6 Å². The van der Waals surface area contributed by atoms with Gasteiger partial charge in [-0.2, -0.15) is 0 Å². The number of methoxy groups -OCH3 is 1. The number of rotatable bonds is 5. The molecule has 0 unspecified atom stereocenters.